The molecule has 6 heteroatoms. The monoisotopic (exact) mass is 466 g/mol. The Hall–Kier alpha value is -4.19. The number of rotatable bonds is 8. The first kappa shape index (κ1) is 24.0. The van der Waals surface area contributed by atoms with Gasteiger partial charge in [-0.25, -0.2) is 10.1 Å². The van der Waals surface area contributed by atoms with E-state index in [9.17, 15) is 4.79 Å². The second-order valence-electron chi connectivity index (χ2n) is 8.84. The summed E-state index contributed by atoms with van der Waals surface area (Å²) in [7, 11) is 0. The summed E-state index contributed by atoms with van der Waals surface area (Å²) in [5.74, 6) is 0.764. The molecule has 6 nitrogen and oxygen atoms in total. The average Bonchev–Trinajstić information content (AvgIpc) is 3.28. The van der Waals surface area contributed by atoms with E-state index in [1.54, 1.807) is 6.21 Å². The van der Waals surface area contributed by atoms with Crippen molar-refractivity contribution in [2.24, 2.45) is 5.10 Å². The topological polar surface area (TPSA) is 68.5 Å². The molecule has 0 radical (unpaired) electrons. The molecule has 1 N–H and O–H groups in total. The fourth-order valence-electron chi connectivity index (χ4n) is 3.61. The van der Waals surface area contributed by atoms with E-state index < -0.39 is 0 Å². The normalized spacial score (nSPS) is 11.2. The highest BCUT2D eigenvalue weighted by atomic mass is 16.5. The zero-order chi connectivity index (χ0) is 24.8. The second-order valence-corrected chi connectivity index (χ2v) is 8.84. The van der Waals surface area contributed by atoms with E-state index in [4.69, 9.17) is 9.84 Å². The third kappa shape index (κ3) is 6.03. The van der Waals surface area contributed by atoms with Crippen LogP contribution in [0.15, 0.2) is 84.1 Å². The molecule has 0 unspecified atom stereocenters. The number of amides is 1. The van der Waals surface area contributed by atoms with Crippen molar-refractivity contribution in [2.45, 2.75) is 33.6 Å². The molecule has 178 valence electrons. The van der Waals surface area contributed by atoms with Crippen LogP contribution >= 0.6 is 0 Å². The number of aromatic nitrogens is 2. The number of aryl methyl sites for hydroxylation is 2. The summed E-state index contributed by atoms with van der Waals surface area (Å²) in [5.41, 5.74) is 9.38. The molecule has 0 bridgehead atoms. The number of ether oxygens (including phenoxy) is 1. The lowest BCUT2D eigenvalue weighted by Gasteiger charge is -2.12. The molecule has 3 aromatic carbocycles. The summed E-state index contributed by atoms with van der Waals surface area (Å²) < 4.78 is 7.57. The predicted octanol–water partition coefficient (Wildman–Crippen LogP) is 5.81. The fourth-order valence-corrected chi connectivity index (χ4v) is 3.61. The van der Waals surface area contributed by atoms with E-state index in [0.717, 1.165) is 28.1 Å². The van der Waals surface area contributed by atoms with Crippen molar-refractivity contribution in [3.05, 3.63) is 101 Å². The standard InChI is InChI=1S/C29H30N4O2/c1-20(2)24-15-12-22(4)27(16-24)35-19-28(34)31-30-17-25-18-33(26-8-6-5-7-9-26)32-29(25)23-13-10-21(3)11-14-23/h5-18,20H,19H2,1-4H3,(H,31,34). The Morgan fingerprint density at radius 1 is 1.06 bits per heavy atom. The Balaban J connectivity index is 1.48. The van der Waals surface area contributed by atoms with Crippen molar-refractivity contribution in [3.63, 3.8) is 0 Å². The summed E-state index contributed by atoms with van der Waals surface area (Å²) in [5, 5.41) is 8.95. The summed E-state index contributed by atoms with van der Waals surface area (Å²) in [6, 6.07) is 24.1. The van der Waals surface area contributed by atoms with Gasteiger partial charge in [-0.15, -0.1) is 0 Å². The second kappa shape index (κ2) is 10.8. The molecule has 1 aromatic heterocycles. The van der Waals surface area contributed by atoms with Gasteiger partial charge in [0.2, 0.25) is 0 Å². The van der Waals surface area contributed by atoms with Crippen molar-refractivity contribution in [1.29, 1.82) is 0 Å². The summed E-state index contributed by atoms with van der Waals surface area (Å²) >= 11 is 0. The van der Waals surface area contributed by atoms with E-state index in [-0.39, 0.29) is 12.5 Å². The van der Waals surface area contributed by atoms with Gasteiger partial charge in [0.25, 0.3) is 5.91 Å². The zero-order valence-corrected chi connectivity index (χ0v) is 20.5. The Labute approximate surface area is 206 Å². The predicted molar refractivity (Wildman–Crippen MR) is 140 cm³/mol. The molecule has 0 aliphatic rings. The maximum Gasteiger partial charge on any atom is 0.277 e. The van der Waals surface area contributed by atoms with Gasteiger partial charge in [-0.1, -0.05) is 74.0 Å². The van der Waals surface area contributed by atoms with Crippen LogP contribution in [-0.2, 0) is 4.79 Å². The lowest BCUT2D eigenvalue weighted by Crippen LogP contribution is -2.24. The molecule has 35 heavy (non-hydrogen) atoms. The molecule has 0 saturated heterocycles. The van der Waals surface area contributed by atoms with Crippen LogP contribution in [0, 0.1) is 13.8 Å². The van der Waals surface area contributed by atoms with Crippen molar-refractivity contribution in [3.8, 4) is 22.7 Å². The molecule has 4 aromatic rings. The van der Waals surface area contributed by atoms with E-state index >= 15 is 0 Å². The Kier molecular flexibility index (Phi) is 7.41. The summed E-state index contributed by atoms with van der Waals surface area (Å²) in [4.78, 5) is 12.4. The van der Waals surface area contributed by atoms with Crippen LogP contribution in [0.25, 0.3) is 16.9 Å². The van der Waals surface area contributed by atoms with Crippen LogP contribution in [0.4, 0.5) is 0 Å². The number of carbonyl (C=O) groups is 1. The number of para-hydroxylation sites is 1. The number of hydrazone groups is 1. The number of nitrogens with zero attached hydrogens (tertiary/aromatic N) is 3. The third-order valence-electron chi connectivity index (χ3n) is 5.72. The molecule has 0 fully saturated rings. The van der Waals surface area contributed by atoms with Crippen molar-refractivity contribution >= 4 is 12.1 Å². The first-order valence-corrected chi connectivity index (χ1v) is 11.7. The number of carbonyl (C=O) groups excluding carboxylic acids is 1. The lowest BCUT2D eigenvalue weighted by molar-refractivity contribution is -0.123. The molecule has 0 saturated carbocycles. The first-order valence-electron chi connectivity index (χ1n) is 11.7. The average molecular weight is 467 g/mol. The van der Waals surface area contributed by atoms with Gasteiger partial charge in [-0.3, -0.25) is 4.79 Å². The molecule has 0 spiro atoms. The zero-order valence-electron chi connectivity index (χ0n) is 20.5. The maximum atomic E-state index is 12.4. The van der Waals surface area contributed by atoms with Gasteiger partial charge in [0.05, 0.1) is 11.9 Å². The van der Waals surface area contributed by atoms with Crippen LogP contribution in [0.1, 0.15) is 42.0 Å². The SMILES string of the molecule is Cc1ccc(-c2nn(-c3ccccc3)cc2C=NNC(=O)COc2cc(C(C)C)ccc2C)cc1. The molecule has 0 aliphatic carbocycles. The van der Waals surface area contributed by atoms with Gasteiger partial charge in [-0.05, 0) is 49.1 Å². The van der Waals surface area contributed by atoms with Gasteiger partial charge >= 0.3 is 0 Å². The number of hydrogen-bond acceptors (Lipinski definition) is 4. The van der Waals surface area contributed by atoms with Crippen LogP contribution in [0.3, 0.4) is 0 Å². The van der Waals surface area contributed by atoms with Crippen molar-refractivity contribution in [2.75, 3.05) is 6.61 Å². The minimum Gasteiger partial charge on any atom is -0.483 e. The van der Waals surface area contributed by atoms with E-state index in [2.05, 4.69) is 30.4 Å². The molecule has 0 atom stereocenters. The van der Waals surface area contributed by atoms with Crippen molar-refractivity contribution < 1.29 is 9.53 Å². The molecule has 1 heterocycles. The maximum absolute atomic E-state index is 12.4. The lowest BCUT2D eigenvalue weighted by atomic mass is 10.0. The van der Waals surface area contributed by atoms with E-state index in [0.29, 0.717) is 11.7 Å². The van der Waals surface area contributed by atoms with Crippen LogP contribution in [0.5, 0.6) is 5.75 Å². The highest BCUT2D eigenvalue weighted by Crippen LogP contribution is 2.25. The van der Waals surface area contributed by atoms with Crippen molar-refractivity contribution in [1.82, 2.24) is 15.2 Å². The number of hydrogen-bond donors (Lipinski definition) is 1. The van der Waals surface area contributed by atoms with Crippen LogP contribution in [0.2, 0.25) is 0 Å². The molecular formula is C29H30N4O2. The fraction of sp³-hybridized carbons (Fsp3) is 0.207. The van der Waals surface area contributed by atoms with E-state index in [1.165, 1.54) is 11.1 Å². The van der Waals surface area contributed by atoms with Gasteiger partial charge < -0.3 is 4.74 Å². The highest BCUT2D eigenvalue weighted by Gasteiger charge is 2.12. The molecule has 4 rings (SSSR count). The minimum atomic E-state index is -0.331. The largest absolute Gasteiger partial charge is 0.483 e. The Morgan fingerprint density at radius 2 is 1.80 bits per heavy atom. The Morgan fingerprint density at radius 3 is 2.51 bits per heavy atom. The number of nitrogens with one attached hydrogen (secondary N) is 1. The summed E-state index contributed by atoms with van der Waals surface area (Å²) in [6.45, 7) is 8.15. The van der Waals surface area contributed by atoms with Gasteiger partial charge in [0.1, 0.15) is 11.4 Å². The highest BCUT2D eigenvalue weighted by molar-refractivity contribution is 5.89. The van der Waals surface area contributed by atoms with Crippen LogP contribution < -0.4 is 10.2 Å². The van der Waals surface area contributed by atoms with Gasteiger partial charge in [0, 0.05) is 17.3 Å². The van der Waals surface area contributed by atoms with Gasteiger partial charge in [0.15, 0.2) is 6.61 Å². The van der Waals surface area contributed by atoms with E-state index in [1.807, 2.05) is 91.5 Å². The number of benzene rings is 3. The Bertz CT molecular complexity index is 1320. The molecular weight excluding hydrogens is 436 g/mol. The molecule has 1 amide bonds. The smallest absolute Gasteiger partial charge is 0.277 e. The summed E-state index contributed by atoms with van der Waals surface area (Å²) in [6.07, 6.45) is 3.52. The minimum absolute atomic E-state index is 0.117. The van der Waals surface area contributed by atoms with Crippen LogP contribution in [-0.4, -0.2) is 28.5 Å². The quantitative estimate of drug-likeness (QED) is 0.263. The van der Waals surface area contributed by atoms with Gasteiger partial charge in [-0.2, -0.15) is 10.2 Å². The first-order chi connectivity index (χ1) is 16.9. The third-order valence-corrected chi connectivity index (χ3v) is 5.72. The molecule has 0 aliphatic heterocycles.